The molecular weight excluding hydrogens is 335 g/mol. The second-order valence-corrected chi connectivity index (χ2v) is 6.55. The van der Waals surface area contributed by atoms with Gasteiger partial charge in [0.15, 0.2) is 5.65 Å². The Labute approximate surface area is 148 Å². The number of rotatable bonds is 5. The van der Waals surface area contributed by atoms with Crippen molar-refractivity contribution in [1.82, 2.24) is 19.7 Å². The first-order valence-electron chi connectivity index (χ1n) is 7.88. The molecule has 2 aromatic heterocycles. The minimum Gasteiger partial charge on any atom is -0.243 e. The Hall–Kier alpha value is -2.73. The van der Waals surface area contributed by atoms with Crippen LogP contribution in [0.1, 0.15) is 11.1 Å². The maximum atomic E-state index is 13.8. The third-order valence-electron chi connectivity index (χ3n) is 3.89. The molecule has 0 aliphatic carbocycles. The minimum atomic E-state index is -0.194. The SMILES string of the molecule is Fc1ccccc1CSc1ncnc2c1cnn2Cc1ccccc1. The molecule has 0 unspecified atom stereocenters. The lowest BCUT2D eigenvalue weighted by atomic mass is 10.2. The van der Waals surface area contributed by atoms with E-state index in [1.165, 1.54) is 24.2 Å². The highest BCUT2D eigenvalue weighted by atomic mass is 32.2. The Morgan fingerprint density at radius 1 is 0.960 bits per heavy atom. The van der Waals surface area contributed by atoms with Gasteiger partial charge in [-0.3, -0.25) is 0 Å². The van der Waals surface area contributed by atoms with Gasteiger partial charge in [-0.1, -0.05) is 48.5 Å². The summed E-state index contributed by atoms with van der Waals surface area (Å²) in [5, 5.41) is 6.15. The van der Waals surface area contributed by atoms with E-state index in [4.69, 9.17) is 0 Å². The molecule has 0 aliphatic rings. The van der Waals surface area contributed by atoms with Crippen LogP contribution in [0.5, 0.6) is 0 Å². The molecule has 4 rings (SSSR count). The first-order valence-corrected chi connectivity index (χ1v) is 8.86. The van der Waals surface area contributed by atoms with Gasteiger partial charge in [0, 0.05) is 5.75 Å². The number of hydrogen-bond donors (Lipinski definition) is 0. The average Bonchev–Trinajstić information content (AvgIpc) is 3.05. The van der Waals surface area contributed by atoms with E-state index in [2.05, 4.69) is 27.2 Å². The molecule has 0 amide bonds. The van der Waals surface area contributed by atoms with E-state index in [0.29, 0.717) is 17.9 Å². The number of aromatic nitrogens is 4. The van der Waals surface area contributed by atoms with Crippen LogP contribution in [0.2, 0.25) is 0 Å². The minimum absolute atomic E-state index is 0.194. The molecule has 0 bridgehead atoms. The van der Waals surface area contributed by atoms with E-state index >= 15 is 0 Å². The molecule has 0 radical (unpaired) electrons. The van der Waals surface area contributed by atoms with Crippen molar-refractivity contribution in [3.8, 4) is 0 Å². The van der Waals surface area contributed by atoms with E-state index in [9.17, 15) is 4.39 Å². The van der Waals surface area contributed by atoms with E-state index in [1.54, 1.807) is 18.3 Å². The van der Waals surface area contributed by atoms with Crippen molar-refractivity contribution in [1.29, 1.82) is 0 Å². The normalized spacial score (nSPS) is 11.1. The van der Waals surface area contributed by atoms with Crippen molar-refractivity contribution < 1.29 is 4.39 Å². The third kappa shape index (κ3) is 3.39. The number of hydrogen-bond acceptors (Lipinski definition) is 4. The van der Waals surface area contributed by atoms with Gasteiger partial charge < -0.3 is 0 Å². The summed E-state index contributed by atoms with van der Waals surface area (Å²) in [4.78, 5) is 8.72. The lowest BCUT2D eigenvalue weighted by molar-refractivity contribution is 0.617. The number of benzene rings is 2. The van der Waals surface area contributed by atoms with Gasteiger partial charge in [0.2, 0.25) is 0 Å². The first-order chi connectivity index (χ1) is 12.3. The Morgan fingerprint density at radius 2 is 1.76 bits per heavy atom. The zero-order valence-electron chi connectivity index (χ0n) is 13.3. The fraction of sp³-hybridized carbons (Fsp3) is 0.105. The summed E-state index contributed by atoms with van der Waals surface area (Å²) in [6, 6.07) is 16.9. The maximum absolute atomic E-state index is 13.8. The Kier molecular flexibility index (Phi) is 4.43. The molecule has 0 atom stereocenters. The summed E-state index contributed by atoms with van der Waals surface area (Å²) in [6.45, 7) is 0.652. The van der Waals surface area contributed by atoms with Gasteiger partial charge in [-0.25, -0.2) is 19.0 Å². The molecule has 4 nitrogen and oxygen atoms in total. The zero-order chi connectivity index (χ0) is 17.1. The van der Waals surface area contributed by atoms with Crippen molar-refractivity contribution >= 4 is 22.8 Å². The Bertz CT molecular complexity index is 1000. The molecule has 0 saturated heterocycles. The van der Waals surface area contributed by atoms with Crippen LogP contribution in [0.3, 0.4) is 0 Å². The van der Waals surface area contributed by atoms with E-state index in [0.717, 1.165) is 21.6 Å². The van der Waals surface area contributed by atoms with Crippen LogP contribution in [0.25, 0.3) is 11.0 Å². The molecule has 0 aliphatic heterocycles. The van der Waals surface area contributed by atoms with Crippen molar-refractivity contribution in [2.45, 2.75) is 17.3 Å². The van der Waals surface area contributed by atoms with Crippen LogP contribution >= 0.6 is 11.8 Å². The lowest BCUT2D eigenvalue weighted by Crippen LogP contribution is -2.02. The summed E-state index contributed by atoms with van der Waals surface area (Å²) < 4.78 is 15.7. The fourth-order valence-electron chi connectivity index (χ4n) is 2.62. The van der Waals surface area contributed by atoms with Gasteiger partial charge in [0.1, 0.15) is 17.2 Å². The molecule has 0 N–H and O–H groups in total. The molecule has 2 aromatic carbocycles. The van der Waals surface area contributed by atoms with Gasteiger partial charge in [-0.05, 0) is 17.2 Å². The molecule has 4 aromatic rings. The van der Waals surface area contributed by atoms with E-state index in [1.807, 2.05) is 28.9 Å². The zero-order valence-corrected chi connectivity index (χ0v) is 14.2. The van der Waals surface area contributed by atoms with Crippen LogP contribution in [-0.2, 0) is 12.3 Å². The molecule has 25 heavy (non-hydrogen) atoms. The Balaban J connectivity index is 1.60. The molecule has 0 spiro atoms. The second kappa shape index (κ2) is 7.03. The fourth-order valence-corrected chi connectivity index (χ4v) is 3.57. The molecule has 2 heterocycles. The van der Waals surface area contributed by atoms with Gasteiger partial charge in [0.05, 0.1) is 18.1 Å². The number of halogens is 1. The Morgan fingerprint density at radius 3 is 2.60 bits per heavy atom. The van der Waals surface area contributed by atoms with Gasteiger partial charge in [0.25, 0.3) is 0 Å². The highest BCUT2D eigenvalue weighted by molar-refractivity contribution is 7.98. The molecule has 6 heteroatoms. The number of nitrogens with zero attached hydrogens (tertiary/aromatic N) is 4. The summed E-state index contributed by atoms with van der Waals surface area (Å²) in [7, 11) is 0. The summed E-state index contributed by atoms with van der Waals surface area (Å²) in [5.74, 6) is 0.322. The topological polar surface area (TPSA) is 43.6 Å². The second-order valence-electron chi connectivity index (χ2n) is 5.58. The summed E-state index contributed by atoms with van der Waals surface area (Å²) in [6.07, 6.45) is 3.32. The molecular formula is C19H15FN4S. The lowest BCUT2D eigenvalue weighted by Gasteiger charge is -2.05. The monoisotopic (exact) mass is 350 g/mol. The quantitative estimate of drug-likeness (QED) is 0.397. The van der Waals surface area contributed by atoms with Gasteiger partial charge in [-0.15, -0.1) is 11.8 Å². The molecule has 124 valence electrons. The maximum Gasteiger partial charge on any atom is 0.162 e. The van der Waals surface area contributed by atoms with Crippen LogP contribution in [0, 0.1) is 5.82 Å². The van der Waals surface area contributed by atoms with Crippen LogP contribution in [0.4, 0.5) is 4.39 Å². The van der Waals surface area contributed by atoms with E-state index < -0.39 is 0 Å². The van der Waals surface area contributed by atoms with Crippen molar-refractivity contribution in [2.75, 3.05) is 0 Å². The van der Waals surface area contributed by atoms with E-state index in [-0.39, 0.29) is 5.82 Å². The number of thioether (sulfide) groups is 1. The van der Waals surface area contributed by atoms with Crippen molar-refractivity contribution in [3.63, 3.8) is 0 Å². The highest BCUT2D eigenvalue weighted by Crippen LogP contribution is 2.28. The summed E-state index contributed by atoms with van der Waals surface area (Å²) in [5.41, 5.74) is 2.61. The standard InChI is InChI=1S/C19H15FN4S/c20-17-9-5-4-8-15(17)12-25-19-16-10-23-24(18(16)21-13-22-19)11-14-6-2-1-3-7-14/h1-10,13H,11-12H2. The third-order valence-corrected chi connectivity index (χ3v) is 4.95. The smallest absolute Gasteiger partial charge is 0.162 e. The van der Waals surface area contributed by atoms with Crippen LogP contribution in [0.15, 0.2) is 72.1 Å². The van der Waals surface area contributed by atoms with Gasteiger partial charge >= 0.3 is 0 Å². The number of fused-ring (bicyclic) bond motifs is 1. The highest BCUT2D eigenvalue weighted by Gasteiger charge is 2.11. The molecule has 0 saturated carbocycles. The summed E-state index contributed by atoms with van der Waals surface area (Å²) >= 11 is 1.49. The average molecular weight is 350 g/mol. The predicted octanol–water partition coefficient (Wildman–Crippen LogP) is 4.31. The molecule has 0 fully saturated rings. The van der Waals surface area contributed by atoms with Crippen molar-refractivity contribution in [2.24, 2.45) is 0 Å². The van der Waals surface area contributed by atoms with Crippen molar-refractivity contribution in [3.05, 3.63) is 84.1 Å². The largest absolute Gasteiger partial charge is 0.243 e. The van der Waals surface area contributed by atoms with Crippen LogP contribution < -0.4 is 0 Å². The van der Waals surface area contributed by atoms with Gasteiger partial charge in [-0.2, -0.15) is 5.10 Å². The first kappa shape index (κ1) is 15.8. The predicted molar refractivity (Wildman–Crippen MR) is 96.8 cm³/mol. The van der Waals surface area contributed by atoms with Crippen LogP contribution in [-0.4, -0.2) is 19.7 Å².